The summed E-state index contributed by atoms with van der Waals surface area (Å²) in [5.41, 5.74) is 2.59. The van der Waals surface area contributed by atoms with Crippen LogP contribution < -0.4 is 10.2 Å². The summed E-state index contributed by atoms with van der Waals surface area (Å²) in [6.45, 7) is 4.13. The van der Waals surface area contributed by atoms with Crippen molar-refractivity contribution in [1.82, 2.24) is 4.98 Å². The number of anilines is 2. The fourth-order valence-electron chi connectivity index (χ4n) is 2.87. The van der Waals surface area contributed by atoms with Gasteiger partial charge in [0, 0.05) is 19.1 Å². The van der Waals surface area contributed by atoms with Crippen LogP contribution in [0.15, 0.2) is 6.07 Å². The lowest BCUT2D eigenvalue weighted by Crippen LogP contribution is -2.46. The molecule has 1 unspecified atom stereocenters. The summed E-state index contributed by atoms with van der Waals surface area (Å²) >= 11 is 0. The van der Waals surface area contributed by atoms with Crippen LogP contribution in [0.5, 0.6) is 0 Å². The van der Waals surface area contributed by atoms with Gasteiger partial charge in [0.15, 0.2) is 11.5 Å². The molecular weight excluding hydrogens is 230 g/mol. The Hall–Kier alpha value is -1.78. The Labute approximate surface area is 106 Å². The Morgan fingerprint density at radius 2 is 2.44 bits per heavy atom. The fraction of sp³-hybridized carbons (Fsp3) is 0.538. The van der Waals surface area contributed by atoms with Gasteiger partial charge in [-0.2, -0.15) is 0 Å². The predicted octanol–water partition coefficient (Wildman–Crippen LogP) is 1.57. The van der Waals surface area contributed by atoms with Crippen molar-refractivity contribution in [2.75, 3.05) is 30.4 Å². The molecule has 96 valence electrons. The maximum Gasteiger partial charge on any atom is 0.356 e. The van der Waals surface area contributed by atoms with Gasteiger partial charge in [-0.05, 0) is 31.4 Å². The molecule has 2 aliphatic heterocycles. The first-order chi connectivity index (χ1) is 8.69. The van der Waals surface area contributed by atoms with E-state index in [1.165, 1.54) is 20.0 Å². The van der Waals surface area contributed by atoms with Crippen molar-refractivity contribution in [1.29, 1.82) is 0 Å². The molecule has 3 heterocycles. The van der Waals surface area contributed by atoms with E-state index < -0.39 is 0 Å². The average Bonchev–Trinajstić information content (AvgIpc) is 2.37. The van der Waals surface area contributed by atoms with Crippen molar-refractivity contribution in [2.45, 2.75) is 25.8 Å². The number of fused-ring (bicyclic) bond motifs is 4. The molecule has 1 fully saturated rings. The molecular formula is C13H17N3O2. The van der Waals surface area contributed by atoms with Gasteiger partial charge in [-0.25, -0.2) is 9.78 Å². The monoisotopic (exact) mass is 247 g/mol. The minimum absolute atomic E-state index is 0.377. The van der Waals surface area contributed by atoms with E-state index in [2.05, 4.69) is 15.2 Å². The van der Waals surface area contributed by atoms with Crippen LogP contribution in [-0.4, -0.2) is 37.2 Å². The summed E-state index contributed by atoms with van der Waals surface area (Å²) < 4.78 is 4.73. The van der Waals surface area contributed by atoms with Crippen LogP contribution in [0, 0.1) is 6.92 Å². The van der Waals surface area contributed by atoms with Crippen molar-refractivity contribution >= 4 is 17.5 Å². The summed E-state index contributed by atoms with van der Waals surface area (Å²) in [6, 6.07) is 2.26. The third-order valence-corrected chi connectivity index (χ3v) is 3.66. The summed E-state index contributed by atoms with van der Waals surface area (Å²) in [5.74, 6) is 0.444. The summed E-state index contributed by atoms with van der Waals surface area (Å²) in [6.07, 6.45) is 2.37. The number of esters is 1. The third-order valence-electron chi connectivity index (χ3n) is 3.66. The number of pyridine rings is 1. The molecule has 1 N–H and O–H groups in total. The van der Waals surface area contributed by atoms with Crippen LogP contribution in [0.1, 0.15) is 28.9 Å². The molecule has 1 aromatic rings. The highest BCUT2D eigenvalue weighted by atomic mass is 16.5. The maximum absolute atomic E-state index is 11.6. The largest absolute Gasteiger partial charge is 0.464 e. The minimum Gasteiger partial charge on any atom is -0.464 e. The minimum atomic E-state index is -0.381. The first kappa shape index (κ1) is 11.3. The number of aromatic nitrogens is 1. The number of ether oxygens (including phenoxy) is 1. The second-order valence-electron chi connectivity index (χ2n) is 4.94. The van der Waals surface area contributed by atoms with E-state index in [0.717, 1.165) is 30.2 Å². The first-order valence-corrected chi connectivity index (χ1v) is 6.30. The summed E-state index contributed by atoms with van der Waals surface area (Å²) in [4.78, 5) is 18.3. The Morgan fingerprint density at radius 3 is 3.22 bits per heavy atom. The molecule has 0 spiro atoms. The number of hydrogen-bond acceptors (Lipinski definition) is 5. The number of nitrogens with zero attached hydrogens (tertiary/aromatic N) is 2. The van der Waals surface area contributed by atoms with Crippen molar-refractivity contribution in [2.24, 2.45) is 0 Å². The van der Waals surface area contributed by atoms with Crippen molar-refractivity contribution in [3.05, 3.63) is 17.3 Å². The zero-order chi connectivity index (χ0) is 12.7. The molecule has 3 rings (SSSR count). The smallest absolute Gasteiger partial charge is 0.356 e. The van der Waals surface area contributed by atoms with Crippen molar-refractivity contribution in [3.8, 4) is 0 Å². The van der Waals surface area contributed by atoms with E-state index >= 15 is 0 Å². The number of rotatable bonds is 1. The topological polar surface area (TPSA) is 54.5 Å². The van der Waals surface area contributed by atoms with E-state index in [4.69, 9.17) is 4.74 Å². The number of aryl methyl sites for hydroxylation is 1. The molecule has 0 radical (unpaired) electrons. The van der Waals surface area contributed by atoms with Gasteiger partial charge < -0.3 is 15.0 Å². The van der Waals surface area contributed by atoms with Gasteiger partial charge in [0.05, 0.1) is 12.8 Å². The molecule has 0 amide bonds. The number of carbonyl (C=O) groups excluding carboxylic acids is 1. The Kier molecular flexibility index (Phi) is 2.61. The maximum atomic E-state index is 11.6. The Balaban J connectivity index is 2.06. The van der Waals surface area contributed by atoms with Gasteiger partial charge >= 0.3 is 5.97 Å². The molecule has 18 heavy (non-hydrogen) atoms. The standard InChI is InChI=1S/C13H17N3O2/c1-8-6-10(13(17)18-2)15-12-11(8)16-5-3-4-9(7-16)14-12/h6,9H,3-5,7H2,1-2H3,(H,14,15). The molecule has 5 nitrogen and oxygen atoms in total. The van der Waals surface area contributed by atoms with Gasteiger partial charge in [0.2, 0.25) is 0 Å². The third kappa shape index (κ3) is 1.70. The van der Waals surface area contributed by atoms with Gasteiger partial charge in [-0.1, -0.05) is 0 Å². The summed E-state index contributed by atoms with van der Waals surface area (Å²) in [7, 11) is 1.38. The van der Waals surface area contributed by atoms with Gasteiger partial charge in [0.1, 0.15) is 0 Å². The molecule has 1 saturated heterocycles. The SMILES string of the molecule is COC(=O)c1cc(C)c2c(n1)NC1CCCN2C1. The number of hydrogen-bond donors (Lipinski definition) is 1. The molecule has 2 aliphatic rings. The zero-order valence-electron chi connectivity index (χ0n) is 10.7. The van der Waals surface area contributed by atoms with E-state index in [1.807, 2.05) is 6.92 Å². The number of piperidine rings is 1. The normalized spacial score (nSPS) is 21.0. The second-order valence-corrected chi connectivity index (χ2v) is 4.94. The zero-order valence-corrected chi connectivity index (χ0v) is 10.7. The van der Waals surface area contributed by atoms with Crippen LogP contribution in [0.4, 0.5) is 11.5 Å². The highest BCUT2D eigenvalue weighted by Crippen LogP contribution is 2.36. The van der Waals surface area contributed by atoms with Crippen LogP contribution in [0.3, 0.4) is 0 Å². The van der Waals surface area contributed by atoms with Crippen LogP contribution in [0.25, 0.3) is 0 Å². The first-order valence-electron chi connectivity index (χ1n) is 6.30. The second kappa shape index (κ2) is 4.15. The Bertz CT molecular complexity index is 501. The molecule has 5 heteroatoms. The van der Waals surface area contributed by atoms with Gasteiger partial charge in [0.25, 0.3) is 0 Å². The number of methoxy groups -OCH3 is 1. The van der Waals surface area contributed by atoms with Crippen molar-refractivity contribution < 1.29 is 9.53 Å². The van der Waals surface area contributed by atoms with E-state index in [-0.39, 0.29) is 5.97 Å². The Morgan fingerprint density at radius 1 is 1.61 bits per heavy atom. The predicted molar refractivity (Wildman–Crippen MR) is 69.2 cm³/mol. The molecule has 1 aromatic heterocycles. The summed E-state index contributed by atoms with van der Waals surface area (Å²) in [5, 5.41) is 3.43. The van der Waals surface area contributed by atoms with Gasteiger partial charge in [-0.15, -0.1) is 0 Å². The molecule has 0 saturated carbocycles. The quantitative estimate of drug-likeness (QED) is 0.763. The van der Waals surface area contributed by atoms with E-state index in [1.54, 1.807) is 6.07 Å². The van der Waals surface area contributed by atoms with Crippen LogP contribution in [-0.2, 0) is 4.74 Å². The molecule has 0 aromatic carbocycles. The number of nitrogens with one attached hydrogen (secondary N) is 1. The average molecular weight is 247 g/mol. The fourth-order valence-corrected chi connectivity index (χ4v) is 2.87. The van der Waals surface area contributed by atoms with E-state index in [9.17, 15) is 4.79 Å². The number of carbonyl (C=O) groups is 1. The lowest BCUT2D eigenvalue weighted by molar-refractivity contribution is 0.0594. The lowest BCUT2D eigenvalue weighted by atomic mass is 10.00. The lowest BCUT2D eigenvalue weighted by Gasteiger charge is -2.41. The molecule has 0 aliphatic carbocycles. The van der Waals surface area contributed by atoms with E-state index in [0.29, 0.717) is 11.7 Å². The van der Waals surface area contributed by atoms with Crippen molar-refractivity contribution in [3.63, 3.8) is 0 Å². The molecule has 1 atom stereocenters. The highest BCUT2D eigenvalue weighted by Gasteiger charge is 2.30. The van der Waals surface area contributed by atoms with Crippen LogP contribution in [0.2, 0.25) is 0 Å². The highest BCUT2D eigenvalue weighted by molar-refractivity contribution is 5.90. The van der Waals surface area contributed by atoms with Crippen LogP contribution >= 0.6 is 0 Å². The van der Waals surface area contributed by atoms with Gasteiger partial charge in [-0.3, -0.25) is 0 Å². The molecule has 2 bridgehead atoms.